The first kappa shape index (κ1) is 14.6. The second-order valence-corrected chi connectivity index (χ2v) is 6.23. The summed E-state index contributed by atoms with van der Waals surface area (Å²) in [6, 6.07) is 5.67. The molecule has 106 valence electrons. The molecule has 1 aromatic carbocycles. The maximum absolute atomic E-state index is 6.19. The molecule has 0 amide bonds. The van der Waals surface area contributed by atoms with Crippen molar-refractivity contribution in [2.45, 2.75) is 51.4 Å². The molecule has 0 spiro atoms. The highest BCUT2D eigenvalue weighted by molar-refractivity contribution is 6.32. The zero-order chi connectivity index (χ0) is 14.0. The molecule has 19 heavy (non-hydrogen) atoms. The zero-order valence-electron chi connectivity index (χ0n) is 11.8. The Balaban J connectivity index is 1.93. The third-order valence-electron chi connectivity index (χ3n) is 3.46. The van der Waals surface area contributed by atoms with Gasteiger partial charge in [-0.05, 0) is 51.3 Å². The van der Waals surface area contributed by atoms with Crippen molar-refractivity contribution in [1.82, 2.24) is 0 Å². The number of nitrogens with two attached hydrogens (primary N) is 1. The molecule has 4 heteroatoms. The van der Waals surface area contributed by atoms with Gasteiger partial charge in [0.05, 0.1) is 16.7 Å². The summed E-state index contributed by atoms with van der Waals surface area (Å²) in [6.45, 7) is 6.69. The molecule has 2 N–H and O–H groups in total. The van der Waals surface area contributed by atoms with E-state index in [1.807, 2.05) is 25.1 Å². The number of ether oxygens (including phenoxy) is 2. The van der Waals surface area contributed by atoms with Crippen LogP contribution in [0, 0.1) is 0 Å². The highest BCUT2D eigenvalue weighted by Gasteiger charge is 2.31. The van der Waals surface area contributed by atoms with E-state index >= 15 is 0 Å². The monoisotopic (exact) mass is 283 g/mol. The first-order valence-electron chi connectivity index (χ1n) is 6.73. The van der Waals surface area contributed by atoms with Gasteiger partial charge in [-0.3, -0.25) is 0 Å². The highest BCUT2D eigenvalue weighted by Crippen LogP contribution is 2.31. The van der Waals surface area contributed by atoms with Crippen LogP contribution in [0.4, 0.5) is 0 Å². The van der Waals surface area contributed by atoms with Gasteiger partial charge in [-0.2, -0.15) is 0 Å². The number of hydrogen-bond acceptors (Lipinski definition) is 3. The van der Waals surface area contributed by atoms with Crippen LogP contribution in [0.5, 0.6) is 5.75 Å². The molecular weight excluding hydrogens is 262 g/mol. The van der Waals surface area contributed by atoms with Crippen molar-refractivity contribution in [3.63, 3.8) is 0 Å². The Bertz CT molecular complexity index is 446. The lowest BCUT2D eigenvalue weighted by molar-refractivity contribution is -0.0326. The third kappa shape index (κ3) is 3.85. The van der Waals surface area contributed by atoms with E-state index < -0.39 is 0 Å². The minimum atomic E-state index is -0.0311. The second-order valence-electron chi connectivity index (χ2n) is 5.83. The molecule has 2 atom stereocenters. The summed E-state index contributed by atoms with van der Waals surface area (Å²) in [6.07, 6.45) is 2.25. The van der Waals surface area contributed by atoms with Crippen LogP contribution in [0.2, 0.25) is 5.02 Å². The lowest BCUT2D eigenvalue weighted by Gasteiger charge is -2.19. The largest absolute Gasteiger partial charge is 0.489 e. The van der Waals surface area contributed by atoms with Gasteiger partial charge in [-0.25, -0.2) is 0 Å². The fourth-order valence-electron chi connectivity index (χ4n) is 2.30. The van der Waals surface area contributed by atoms with Gasteiger partial charge >= 0.3 is 0 Å². The normalized spacial score (nSPS) is 23.3. The molecule has 1 fully saturated rings. The molecule has 1 unspecified atom stereocenters. The molecule has 0 radical (unpaired) electrons. The predicted octanol–water partition coefficient (Wildman–Crippen LogP) is 3.70. The topological polar surface area (TPSA) is 44.5 Å². The quantitative estimate of drug-likeness (QED) is 0.916. The van der Waals surface area contributed by atoms with Gasteiger partial charge in [0.25, 0.3) is 0 Å². The molecule has 1 heterocycles. The average Bonchev–Trinajstić information content (AvgIpc) is 2.67. The van der Waals surface area contributed by atoms with Crippen LogP contribution < -0.4 is 10.5 Å². The van der Waals surface area contributed by atoms with Crippen LogP contribution in [-0.2, 0) is 4.74 Å². The van der Waals surface area contributed by atoms with Crippen LogP contribution in [0.1, 0.15) is 45.2 Å². The fraction of sp³-hybridized carbons (Fsp3) is 0.600. The van der Waals surface area contributed by atoms with E-state index in [1.165, 1.54) is 0 Å². The second kappa shape index (κ2) is 5.70. The van der Waals surface area contributed by atoms with Crippen LogP contribution >= 0.6 is 11.6 Å². The fourth-order valence-corrected chi connectivity index (χ4v) is 2.54. The number of halogens is 1. The SMILES string of the molecule is C[C@H](N)c1ccc(OCC2CCC(C)(C)O2)c(Cl)c1. The van der Waals surface area contributed by atoms with Gasteiger partial charge in [0.2, 0.25) is 0 Å². The Kier molecular flexibility index (Phi) is 4.39. The molecule has 1 aliphatic rings. The van der Waals surface area contributed by atoms with Gasteiger partial charge in [0.1, 0.15) is 12.4 Å². The highest BCUT2D eigenvalue weighted by atomic mass is 35.5. The Hall–Kier alpha value is -0.770. The maximum atomic E-state index is 6.19. The van der Waals surface area contributed by atoms with E-state index in [2.05, 4.69) is 13.8 Å². The van der Waals surface area contributed by atoms with E-state index in [4.69, 9.17) is 26.8 Å². The number of rotatable bonds is 4. The summed E-state index contributed by atoms with van der Waals surface area (Å²) in [5, 5.41) is 0.604. The van der Waals surface area contributed by atoms with E-state index in [0.29, 0.717) is 17.4 Å². The van der Waals surface area contributed by atoms with Crippen LogP contribution in [-0.4, -0.2) is 18.3 Å². The van der Waals surface area contributed by atoms with Crippen molar-refractivity contribution in [2.24, 2.45) is 5.73 Å². The van der Waals surface area contributed by atoms with Crippen molar-refractivity contribution < 1.29 is 9.47 Å². The van der Waals surface area contributed by atoms with Crippen LogP contribution in [0.15, 0.2) is 18.2 Å². The Labute approximate surface area is 120 Å². The van der Waals surface area contributed by atoms with Crippen molar-refractivity contribution in [1.29, 1.82) is 0 Å². The summed E-state index contributed by atoms with van der Waals surface area (Å²) in [5.41, 5.74) is 6.80. The van der Waals surface area contributed by atoms with Gasteiger partial charge in [0.15, 0.2) is 0 Å². The lowest BCUT2D eigenvalue weighted by atomic mass is 10.1. The van der Waals surface area contributed by atoms with E-state index in [-0.39, 0.29) is 17.7 Å². The molecule has 0 aromatic heterocycles. The first-order valence-corrected chi connectivity index (χ1v) is 7.11. The van der Waals surface area contributed by atoms with E-state index in [9.17, 15) is 0 Å². The van der Waals surface area contributed by atoms with Crippen molar-refractivity contribution in [2.75, 3.05) is 6.61 Å². The van der Waals surface area contributed by atoms with Gasteiger partial charge in [0, 0.05) is 6.04 Å². The van der Waals surface area contributed by atoms with Crippen LogP contribution in [0.25, 0.3) is 0 Å². The Morgan fingerprint density at radius 3 is 2.79 bits per heavy atom. The molecule has 1 saturated heterocycles. The number of hydrogen-bond donors (Lipinski definition) is 1. The first-order chi connectivity index (χ1) is 8.87. The van der Waals surface area contributed by atoms with Crippen molar-refractivity contribution in [3.8, 4) is 5.75 Å². The minimum absolute atomic E-state index is 0.0227. The van der Waals surface area contributed by atoms with Crippen molar-refractivity contribution >= 4 is 11.6 Å². The summed E-state index contributed by atoms with van der Waals surface area (Å²) < 4.78 is 11.6. The van der Waals surface area contributed by atoms with E-state index in [1.54, 1.807) is 0 Å². The van der Waals surface area contributed by atoms with Crippen molar-refractivity contribution in [3.05, 3.63) is 28.8 Å². The Morgan fingerprint density at radius 2 is 2.26 bits per heavy atom. The average molecular weight is 284 g/mol. The minimum Gasteiger partial charge on any atom is -0.489 e. The van der Waals surface area contributed by atoms with E-state index in [0.717, 1.165) is 18.4 Å². The molecular formula is C15H22ClNO2. The zero-order valence-corrected chi connectivity index (χ0v) is 12.5. The molecule has 3 nitrogen and oxygen atoms in total. The molecule has 0 saturated carbocycles. The van der Waals surface area contributed by atoms with Gasteiger partial charge in [-0.15, -0.1) is 0 Å². The van der Waals surface area contributed by atoms with Gasteiger partial charge < -0.3 is 15.2 Å². The molecule has 1 aliphatic heterocycles. The summed E-state index contributed by atoms with van der Waals surface area (Å²) in [7, 11) is 0. The molecule has 2 rings (SSSR count). The molecule has 1 aromatic rings. The third-order valence-corrected chi connectivity index (χ3v) is 3.76. The smallest absolute Gasteiger partial charge is 0.138 e. The summed E-state index contributed by atoms with van der Waals surface area (Å²) >= 11 is 6.19. The summed E-state index contributed by atoms with van der Waals surface area (Å²) in [4.78, 5) is 0. The predicted molar refractivity (Wildman–Crippen MR) is 77.7 cm³/mol. The van der Waals surface area contributed by atoms with Crippen LogP contribution in [0.3, 0.4) is 0 Å². The standard InChI is InChI=1S/C15H22ClNO2/c1-10(17)11-4-5-14(13(16)8-11)18-9-12-6-7-15(2,3)19-12/h4-5,8,10,12H,6-7,9,17H2,1-3H3/t10-,12?/m0/s1. The molecule has 0 aliphatic carbocycles. The Morgan fingerprint density at radius 1 is 1.53 bits per heavy atom. The van der Waals surface area contributed by atoms with Gasteiger partial charge in [-0.1, -0.05) is 17.7 Å². The number of benzene rings is 1. The summed E-state index contributed by atoms with van der Waals surface area (Å²) in [5.74, 6) is 0.694. The lowest BCUT2D eigenvalue weighted by Crippen LogP contribution is -2.23. The maximum Gasteiger partial charge on any atom is 0.138 e. The molecule has 0 bridgehead atoms.